The van der Waals surface area contributed by atoms with Gasteiger partial charge in [-0.3, -0.25) is 4.79 Å². The van der Waals surface area contributed by atoms with Gasteiger partial charge in [0.1, 0.15) is 11.2 Å². The molecule has 0 amide bonds. The lowest BCUT2D eigenvalue weighted by atomic mass is 9.95. The number of carboxylic acids is 1. The molecular formula is C22H32N6O3. The molecule has 2 aromatic heterocycles. The van der Waals surface area contributed by atoms with Gasteiger partial charge in [-0.2, -0.15) is 4.98 Å². The summed E-state index contributed by atoms with van der Waals surface area (Å²) in [5.74, 6) is -0.722. The van der Waals surface area contributed by atoms with Gasteiger partial charge in [0.05, 0.1) is 5.39 Å². The molecule has 0 bridgehead atoms. The number of likely N-dealkylation sites (N-methyl/N-ethyl adjacent to an activating group) is 1. The number of anilines is 1. The van der Waals surface area contributed by atoms with Crippen LogP contribution >= 0.6 is 0 Å². The number of nitrogens with zero attached hydrogens (tertiary/aromatic N) is 5. The van der Waals surface area contributed by atoms with Gasteiger partial charge >= 0.3 is 5.97 Å². The van der Waals surface area contributed by atoms with E-state index in [1.807, 2.05) is 4.57 Å². The van der Waals surface area contributed by atoms with Crippen LogP contribution in [0.2, 0.25) is 0 Å². The standard InChI is InChI=1S/C22H32N6O3/c1-26-10-12-27(13-11-26)9-5-8-23-22-24-14-17-19(29)18(21(30)31)15-28(20(17)25-22)16-6-3-2-4-7-16/h14-16H,2-13H2,1H3,(H,30,31)(H,23,24,25). The minimum Gasteiger partial charge on any atom is -0.477 e. The molecule has 2 N–H and O–H groups in total. The van der Waals surface area contributed by atoms with E-state index in [2.05, 4.69) is 32.1 Å². The molecule has 0 aromatic carbocycles. The number of carboxylic acid groups (broad SMARTS) is 1. The number of carbonyl (C=O) groups is 1. The van der Waals surface area contributed by atoms with Crippen molar-refractivity contribution in [2.24, 2.45) is 0 Å². The van der Waals surface area contributed by atoms with Gasteiger partial charge < -0.3 is 24.8 Å². The van der Waals surface area contributed by atoms with Crippen molar-refractivity contribution in [3.8, 4) is 0 Å². The van der Waals surface area contributed by atoms with Crippen molar-refractivity contribution in [3.63, 3.8) is 0 Å². The van der Waals surface area contributed by atoms with E-state index in [0.717, 1.165) is 71.4 Å². The normalized spacial score (nSPS) is 19.0. The Kier molecular flexibility index (Phi) is 6.82. The van der Waals surface area contributed by atoms with Crippen molar-refractivity contribution in [2.75, 3.05) is 51.6 Å². The van der Waals surface area contributed by atoms with Crippen LogP contribution in [0.3, 0.4) is 0 Å². The SMILES string of the molecule is CN1CCN(CCCNc2ncc3c(=O)c(C(=O)O)cn(C4CCCCC4)c3n2)CC1. The highest BCUT2D eigenvalue weighted by atomic mass is 16.4. The fourth-order valence-electron chi connectivity index (χ4n) is 4.58. The smallest absolute Gasteiger partial charge is 0.341 e. The molecule has 1 saturated carbocycles. The van der Waals surface area contributed by atoms with Crippen LogP contribution in [0.4, 0.5) is 5.95 Å². The zero-order chi connectivity index (χ0) is 21.8. The molecule has 1 saturated heterocycles. The zero-order valence-corrected chi connectivity index (χ0v) is 18.2. The first kappa shape index (κ1) is 21.7. The molecule has 0 unspecified atom stereocenters. The topological polar surface area (TPSA) is 104 Å². The third-order valence-electron chi connectivity index (χ3n) is 6.50. The van der Waals surface area contributed by atoms with Gasteiger partial charge in [-0.1, -0.05) is 19.3 Å². The second-order valence-corrected chi connectivity index (χ2v) is 8.73. The minimum absolute atomic E-state index is 0.162. The van der Waals surface area contributed by atoms with E-state index in [1.54, 1.807) is 0 Å². The van der Waals surface area contributed by atoms with Crippen LogP contribution in [-0.4, -0.2) is 81.7 Å². The Hall–Kier alpha value is -2.52. The van der Waals surface area contributed by atoms with Crippen LogP contribution < -0.4 is 10.7 Å². The maximum Gasteiger partial charge on any atom is 0.341 e. The number of hydrogen-bond acceptors (Lipinski definition) is 7. The summed E-state index contributed by atoms with van der Waals surface area (Å²) >= 11 is 0. The Labute approximate surface area is 182 Å². The number of piperazine rings is 1. The van der Waals surface area contributed by atoms with E-state index in [4.69, 9.17) is 0 Å². The summed E-state index contributed by atoms with van der Waals surface area (Å²) in [4.78, 5) is 38.0. The van der Waals surface area contributed by atoms with E-state index in [1.165, 1.54) is 18.8 Å². The fraction of sp³-hybridized carbons (Fsp3) is 0.636. The highest BCUT2D eigenvalue weighted by Gasteiger charge is 2.22. The number of aromatic carboxylic acids is 1. The monoisotopic (exact) mass is 428 g/mol. The third kappa shape index (κ3) is 5.04. The van der Waals surface area contributed by atoms with Crippen molar-refractivity contribution in [1.82, 2.24) is 24.3 Å². The summed E-state index contributed by atoms with van der Waals surface area (Å²) in [6.45, 7) is 6.20. The molecule has 3 heterocycles. The highest BCUT2D eigenvalue weighted by Crippen LogP contribution is 2.30. The summed E-state index contributed by atoms with van der Waals surface area (Å²) in [5.41, 5.74) is -0.204. The van der Waals surface area contributed by atoms with E-state index in [9.17, 15) is 14.7 Å². The van der Waals surface area contributed by atoms with E-state index in [-0.39, 0.29) is 17.0 Å². The fourth-order valence-corrected chi connectivity index (χ4v) is 4.58. The lowest BCUT2D eigenvalue weighted by molar-refractivity contribution is 0.0694. The first-order chi connectivity index (χ1) is 15.0. The summed E-state index contributed by atoms with van der Waals surface area (Å²) in [6.07, 6.45) is 9.26. The third-order valence-corrected chi connectivity index (χ3v) is 6.50. The Morgan fingerprint density at radius 3 is 2.65 bits per heavy atom. The van der Waals surface area contributed by atoms with Crippen molar-refractivity contribution < 1.29 is 9.90 Å². The second kappa shape index (κ2) is 9.74. The first-order valence-corrected chi connectivity index (χ1v) is 11.3. The Morgan fingerprint density at radius 2 is 1.94 bits per heavy atom. The lowest BCUT2D eigenvalue weighted by Crippen LogP contribution is -2.44. The van der Waals surface area contributed by atoms with Crippen LogP contribution in [0.5, 0.6) is 0 Å². The lowest BCUT2D eigenvalue weighted by Gasteiger charge is -2.32. The highest BCUT2D eigenvalue weighted by molar-refractivity contribution is 5.91. The molecule has 168 valence electrons. The van der Waals surface area contributed by atoms with Crippen LogP contribution in [0, 0.1) is 0 Å². The predicted molar refractivity (Wildman–Crippen MR) is 120 cm³/mol. The van der Waals surface area contributed by atoms with Crippen molar-refractivity contribution in [2.45, 2.75) is 44.6 Å². The summed E-state index contributed by atoms with van der Waals surface area (Å²) in [7, 11) is 2.16. The van der Waals surface area contributed by atoms with Crippen molar-refractivity contribution in [1.29, 1.82) is 0 Å². The molecule has 0 radical (unpaired) electrons. The molecule has 0 spiro atoms. The minimum atomic E-state index is -1.21. The summed E-state index contributed by atoms with van der Waals surface area (Å²) in [6, 6.07) is 0.162. The molecule has 2 fully saturated rings. The van der Waals surface area contributed by atoms with Crippen LogP contribution in [-0.2, 0) is 0 Å². The maximum atomic E-state index is 12.7. The largest absolute Gasteiger partial charge is 0.477 e. The maximum absolute atomic E-state index is 12.7. The van der Waals surface area contributed by atoms with Crippen molar-refractivity contribution >= 4 is 23.0 Å². The number of pyridine rings is 1. The Balaban J connectivity index is 1.50. The van der Waals surface area contributed by atoms with Gasteiger partial charge in [0.2, 0.25) is 11.4 Å². The molecule has 1 aliphatic carbocycles. The van der Waals surface area contributed by atoms with Crippen LogP contribution in [0.1, 0.15) is 54.9 Å². The molecular weight excluding hydrogens is 396 g/mol. The molecule has 9 heteroatoms. The van der Waals surface area contributed by atoms with E-state index < -0.39 is 11.4 Å². The van der Waals surface area contributed by atoms with Gasteiger partial charge in [-0.25, -0.2) is 9.78 Å². The molecule has 2 aromatic rings. The Morgan fingerprint density at radius 1 is 1.19 bits per heavy atom. The number of hydrogen-bond donors (Lipinski definition) is 2. The van der Waals surface area contributed by atoms with Crippen molar-refractivity contribution in [3.05, 3.63) is 28.2 Å². The van der Waals surface area contributed by atoms with Crippen LogP contribution in [0.25, 0.3) is 11.0 Å². The summed E-state index contributed by atoms with van der Waals surface area (Å²) in [5, 5.41) is 13.0. The van der Waals surface area contributed by atoms with E-state index in [0.29, 0.717) is 11.6 Å². The molecule has 9 nitrogen and oxygen atoms in total. The van der Waals surface area contributed by atoms with Gasteiger partial charge in [0.25, 0.3) is 0 Å². The summed E-state index contributed by atoms with van der Waals surface area (Å²) < 4.78 is 1.90. The van der Waals surface area contributed by atoms with Gasteiger partial charge in [-0.05, 0) is 32.9 Å². The molecule has 31 heavy (non-hydrogen) atoms. The number of fused-ring (bicyclic) bond motifs is 1. The predicted octanol–water partition coefficient (Wildman–Crippen LogP) is 2.04. The van der Waals surface area contributed by atoms with Gasteiger partial charge in [-0.15, -0.1) is 0 Å². The molecule has 0 atom stereocenters. The van der Waals surface area contributed by atoms with E-state index >= 15 is 0 Å². The Bertz CT molecular complexity index is 977. The number of rotatable bonds is 7. The quantitative estimate of drug-likeness (QED) is 0.646. The zero-order valence-electron chi connectivity index (χ0n) is 18.2. The molecule has 1 aliphatic heterocycles. The second-order valence-electron chi connectivity index (χ2n) is 8.73. The van der Waals surface area contributed by atoms with Gasteiger partial charge in [0.15, 0.2) is 0 Å². The number of aromatic nitrogens is 3. The first-order valence-electron chi connectivity index (χ1n) is 11.3. The van der Waals surface area contributed by atoms with Gasteiger partial charge in [0, 0.05) is 51.2 Å². The number of nitrogens with one attached hydrogen (secondary N) is 1. The molecule has 2 aliphatic rings. The van der Waals surface area contributed by atoms with Crippen LogP contribution in [0.15, 0.2) is 17.2 Å². The molecule has 4 rings (SSSR count). The average molecular weight is 429 g/mol. The average Bonchev–Trinajstić information content (AvgIpc) is 2.78.